The molecular weight excluding hydrogens is 144 g/mol. The fourth-order valence-electron chi connectivity index (χ4n) is 1.56. The molecule has 0 bridgehead atoms. The second-order valence-corrected chi connectivity index (χ2v) is 6.12. The Balaban J connectivity index is 2.62. The van der Waals surface area contributed by atoms with E-state index in [0.717, 1.165) is 5.92 Å². The van der Waals surface area contributed by atoms with Crippen LogP contribution in [0.5, 0.6) is 0 Å². The Hall–Kier alpha value is -0.260. The van der Waals surface area contributed by atoms with Crippen molar-refractivity contribution in [2.75, 3.05) is 0 Å². The van der Waals surface area contributed by atoms with Crippen molar-refractivity contribution in [2.45, 2.75) is 48.0 Å². The molecule has 1 unspecified atom stereocenters. The van der Waals surface area contributed by atoms with Crippen molar-refractivity contribution in [2.24, 2.45) is 16.7 Å². The van der Waals surface area contributed by atoms with Gasteiger partial charge in [-0.05, 0) is 23.2 Å². The third-order valence-corrected chi connectivity index (χ3v) is 2.92. The summed E-state index contributed by atoms with van der Waals surface area (Å²) in [6.07, 6.45) is 3.78. The summed E-state index contributed by atoms with van der Waals surface area (Å²) < 4.78 is 0. The van der Waals surface area contributed by atoms with E-state index in [2.05, 4.69) is 47.6 Å². The number of rotatable bonds is 0. The number of hydrogen-bond acceptors (Lipinski definition) is 0. The van der Waals surface area contributed by atoms with Gasteiger partial charge in [0.25, 0.3) is 0 Å². The van der Waals surface area contributed by atoms with Gasteiger partial charge in [-0.15, -0.1) is 0 Å². The topological polar surface area (TPSA) is 0 Å². The lowest BCUT2D eigenvalue weighted by Gasteiger charge is -2.41. The van der Waals surface area contributed by atoms with Gasteiger partial charge in [-0.2, -0.15) is 0 Å². The molecule has 0 heteroatoms. The Bertz CT molecular complexity index is 195. The van der Waals surface area contributed by atoms with Gasteiger partial charge in [0.1, 0.15) is 0 Å². The van der Waals surface area contributed by atoms with Crippen LogP contribution < -0.4 is 0 Å². The van der Waals surface area contributed by atoms with E-state index in [1.807, 2.05) is 0 Å². The largest absolute Gasteiger partial charge is 0.0808 e. The van der Waals surface area contributed by atoms with Crippen LogP contribution in [-0.4, -0.2) is 0 Å². The highest BCUT2D eigenvalue weighted by molar-refractivity contribution is 5.24. The molecule has 0 aromatic rings. The van der Waals surface area contributed by atoms with Crippen molar-refractivity contribution < 1.29 is 0 Å². The zero-order valence-electron chi connectivity index (χ0n) is 9.36. The molecule has 1 aliphatic rings. The second kappa shape index (κ2) is 2.61. The average molecular weight is 166 g/mol. The fourth-order valence-corrected chi connectivity index (χ4v) is 1.56. The summed E-state index contributed by atoms with van der Waals surface area (Å²) in [5.74, 6) is 0.812. The standard InChI is InChI=1S/C12H22/c1-11(2,3)9-7-10(8-9)12(4,5)6/h7,9H,8H2,1-6H3. The highest BCUT2D eigenvalue weighted by atomic mass is 14.4. The first-order chi connectivity index (χ1) is 5.21. The Morgan fingerprint density at radius 1 is 1.08 bits per heavy atom. The summed E-state index contributed by atoms with van der Waals surface area (Å²) in [7, 11) is 0. The van der Waals surface area contributed by atoms with Crippen LogP contribution in [0.3, 0.4) is 0 Å². The van der Waals surface area contributed by atoms with Gasteiger partial charge >= 0.3 is 0 Å². The maximum absolute atomic E-state index is 2.47. The van der Waals surface area contributed by atoms with Gasteiger partial charge in [-0.3, -0.25) is 0 Å². The smallest absolute Gasteiger partial charge is 0.0144 e. The van der Waals surface area contributed by atoms with Gasteiger partial charge in [-0.1, -0.05) is 53.2 Å². The van der Waals surface area contributed by atoms with E-state index >= 15 is 0 Å². The SMILES string of the molecule is CC(C)(C)C1=CC(C(C)(C)C)C1. The lowest BCUT2D eigenvalue weighted by Crippen LogP contribution is -2.29. The summed E-state index contributed by atoms with van der Waals surface area (Å²) in [5.41, 5.74) is 2.51. The van der Waals surface area contributed by atoms with E-state index in [9.17, 15) is 0 Å². The monoisotopic (exact) mass is 166 g/mol. The molecule has 1 rings (SSSR count). The predicted octanol–water partition coefficient (Wildman–Crippen LogP) is 4.02. The van der Waals surface area contributed by atoms with Gasteiger partial charge in [0.05, 0.1) is 0 Å². The molecule has 1 atom stereocenters. The van der Waals surface area contributed by atoms with Gasteiger partial charge in [0.15, 0.2) is 0 Å². The van der Waals surface area contributed by atoms with Crippen LogP contribution in [0, 0.1) is 16.7 Å². The van der Waals surface area contributed by atoms with Crippen LogP contribution >= 0.6 is 0 Å². The van der Waals surface area contributed by atoms with Crippen LogP contribution in [0.1, 0.15) is 48.0 Å². The van der Waals surface area contributed by atoms with E-state index < -0.39 is 0 Å². The van der Waals surface area contributed by atoms with Crippen LogP contribution in [0.15, 0.2) is 11.6 Å². The molecule has 70 valence electrons. The van der Waals surface area contributed by atoms with Gasteiger partial charge in [-0.25, -0.2) is 0 Å². The first kappa shape index (κ1) is 9.83. The fraction of sp³-hybridized carbons (Fsp3) is 0.833. The zero-order chi connectivity index (χ0) is 9.57. The molecule has 0 amide bonds. The average Bonchev–Trinajstić information content (AvgIpc) is 1.46. The van der Waals surface area contributed by atoms with Crippen LogP contribution in [0.4, 0.5) is 0 Å². The van der Waals surface area contributed by atoms with Gasteiger partial charge < -0.3 is 0 Å². The van der Waals surface area contributed by atoms with Gasteiger partial charge in [0, 0.05) is 0 Å². The van der Waals surface area contributed by atoms with Crippen molar-refractivity contribution in [1.29, 1.82) is 0 Å². The maximum Gasteiger partial charge on any atom is -0.0144 e. The molecule has 0 saturated carbocycles. The summed E-state index contributed by atoms with van der Waals surface area (Å²) in [6, 6.07) is 0. The second-order valence-electron chi connectivity index (χ2n) is 6.12. The molecule has 1 aliphatic carbocycles. The number of hydrogen-bond donors (Lipinski definition) is 0. The molecule has 0 aromatic heterocycles. The summed E-state index contributed by atoms with van der Waals surface area (Å²) in [5, 5.41) is 0. The van der Waals surface area contributed by atoms with E-state index in [0.29, 0.717) is 10.8 Å². The lowest BCUT2D eigenvalue weighted by atomic mass is 9.64. The minimum atomic E-state index is 0.405. The molecule has 0 radical (unpaired) electrons. The van der Waals surface area contributed by atoms with E-state index in [4.69, 9.17) is 0 Å². The van der Waals surface area contributed by atoms with Crippen molar-refractivity contribution >= 4 is 0 Å². The molecule has 0 spiro atoms. The van der Waals surface area contributed by atoms with E-state index in [1.165, 1.54) is 6.42 Å². The Kier molecular flexibility index (Phi) is 2.14. The Morgan fingerprint density at radius 3 is 1.75 bits per heavy atom. The van der Waals surface area contributed by atoms with Crippen molar-refractivity contribution in [3.05, 3.63) is 11.6 Å². The van der Waals surface area contributed by atoms with Crippen molar-refractivity contribution in [1.82, 2.24) is 0 Å². The molecule has 0 aliphatic heterocycles. The molecular formula is C12H22. The first-order valence-corrected chi connectivity index (χ1v) is 4.92. The maximum atomic E-state index is 2.47. The summed E-state index contributed by atoms with van der Waals surface area (Å²) in [4.78, 5) is 0. The van der Waals surface area contributed by atoms with Crippen molar-refractivity contribution in [3.8, 4) is 0 Å². The molecule has 0 aromatic carbocycles. The van der Waals surface area contributed by atoms with Crippen LogP contribution in [0.2, 0.25) is 0 Å². The Morgan fingerprint density at radius 2 is 1.50 bits per heavy atom. The highest BCUT2D eigenvalue weighted by Crippen LogP contribution is 2.46. The van der Waals surface area contributed by atoms with Gasteiger partial charge in [0.2, 0.25) is 0 Å². The Labute approximate surface area is 77.1 Å². The highest BCUT2D eigenvalue weighted by Gasteiger charge is 2.34. The molecule has 0 nitrogen and oxygen atoms in total. The normalized spacial score (nSPS) is 24.8. The molecule has 0 N–H and O–H groups in total. The molecule has 0 saturated heterocycles. The summed E-state index contributed by atoms with van der Waals surface area (Å²) >= 11 is 0. The first-order valence-electron chi connectivity index (χ1n) is 4.92. The number of allylic oxidation sites excluding steroid dienone is 2. The third-order valence-electron chi connectivity index (χ3n) is 2.92. The third kappa shape index (κ3) is 1.91. The molecule has 12 heavy (non-hydrogen) atoms. The minimum Gasteiger partial charge on any atom is -0.0808 e. The summed E-state index contributed by atoms with van der Waals surface area (Å²) in [6.45, 7) is 13.9. The minimum absolute atomic E-state index is 0.405. The van der Waals surface area contributed by atoms with E-state index in [1.54, 1.807) is 5.57 Å². The quantitative estimate of drug-likeness (QED) is 0.477. The van der Waals surface area contributed by atoms with Crippen LogP contribution in [-0.2, 0) is 0 Å². The van der Waals surface area contributed by atoms with E-state index in [-0.39, 0.29) is 0 Å². The molecule has 0 heterocycles. The van der Waals surface area contributed by atoms with Crippen LogP contribution in [0.25, 0.3) is 0 Å². The lowest BCUT2D eigenvalue weighted by molar-refractivity contribution is 0.244. The predicted molar refractivity (Wildman–Crippen MR) is 55.1 cm³/mol. The molecule has 0 fully saturated rings. The zero-order valence-corrected chi connectivity index (χ0v) is 9.36. The van der Waals surface area contributed by atoms with Crippen molar-refractivity contribution in [3.63, 3.8) is 0 Å².